The highest BCUT2D eigenvalue weighted by Gasteiger charge is 2.05. The van der Waals surface area contributed by atoms with Crippen molar-refractivity contribution < 1.29 is 0 Å². The molecule has 0 saturated carbocycles. The van der Waals surface area contributed by atoms with Gasteiger partial charge in [0.15, 0.2) is 5.16 Å². The number of nitrogens with zero attached hydrogens (tertiary/aromatic N) is 5. The molecule has 1 rings (SSSR count). The third-order valence-corrected chi connectivity index (χ3v) is 2.80. The Balaban J connectivity index is 2.43. The summed E-state index contributed by atoms with van der Waals surface area (Å²) in [5, 5.41) is 10.4. The Morgan fingerprint density at radius 1 is 1.73 bits per heavy atom. The molecule has 15 heavy (non-hydrogen) atoms. The van der Waals surface area contributed by atoms with E-state index in [2.05, 4.69) is 20.2 Å². The van der Waals surface area contributed by atoms with Crippen LogP contribution in [0.1, 0.15) is 13.3 Å². The zero-order chi connectivity index (χ0) is 11.1. The first kappa shape index (κ1) is 11.7. The molecule has 1 aromatic rings. The van der Waals surface area contributed by atoms with Gasteiger partial charge in [-0.05, 0) is 18.9 Å². The summed E-state index contributed by atoms with van der Waals surface area (Å²) in [7, 11) is 0. The van der Waals surface area contributed by atoms with Gasteiger partial charge in [-0.3, -0.25) is 4.57 Å². The van der Waals surface area contributed by atoms with Gasteiger partial charge < -0.3 is 0 Å². The molecule has 0 saturated heterocycles. The van der Waals surface area contributed by atoms with Crippen molar-refractivity contribution in [3.63, 3.8) is 0 Å². The molecule has 0 atom stereocenters. The van der Waals surface area contributed by atoms with Crippen molar-refractivity contribution in [2.45, 2.75) is 25.0 Å². The number of hydrogen-bond acceptors (Lipinski definition) is 4. The molecule has 1 aromatic heterocycles. The maximum atomic E-state index is 11.2. The van der Waals surface area contributed by atoms with Crippen LogP contribution in [0, 0.1) is 0 Å². The Kier molecular flexibility index (Phi) is 4.79. The summed E-state index contributed by atoms with van der Waals surface area (Å²) < 4.78 is 1.57. The molecule has 0 fully saturated rings. The summed E-state index contributed by atoms with van der Waals surface area (Å²) in [4.78, 5) is 13.8. The van der Waals surface area contributed by atoms with Crippen LogP contribution in [-0.2, 0) is 6.54 Å². The maximum absolute atomic E-state index is 11.2. The van der Waals surface area contributed by atoms with Gasteiger partial charge in [0.25, 0.3) is 0 Å². The average molecular weight is 228 g/mol. The van der Waals surface area contributed by atoms with Crippen molar-refractivity contribution in [2.75, 3.05) is 12.3 Å². The van der Waals surface area contributed by atoms with Crippen molar-refractivity contribution >= 4 is 11.8 Å². The predicted octanol–water partition coefficient (Wildman–Crippen LogP) is 1.38. The van der Waals surface area contributed by atoms with Crippen LogP contribution in [0.5, 0.6) is 0 Å². The van der Waals surface area contributed by atoms with E-state index in [4.69, 9.17) is 5.53 Å². The second kappa shape index (κ2) is 6.15. The minimum atomic E-state index is -0.185. The highest BCUT2D eigenvalue weighted by molar-refractivity contribution is 7.99. The Labute approximate surface area is 90.5 Å². The molecule has 7 nitrogen and oxygen atoms in total. The molecule has 0 radical (unpaired) electrons. The smallest absolute Gasteiger partial charge is 0.270 e. The molecular formula is C7H12N6OS. The second-order valence-corrected chi connectivity index (χ2v) is 3.77. The molecule has 0 aliphatic heterocycles. The largest absolute Gasteiger partial charge is 0.343 e. The number of aromatic amines is 1. The van der Waals surface area contributed by atoms with Gasteiger partial charge in [-0.15, -0.1) is 5.10 Å². The summed E-state index contributed by atoms with van der Waals surface area (Å²) in [6, 6.07) is 0. The van der Waals surface area contributed by atoms with E-state index in [9.17, 15) is 4.79 Å². The normalized spacial score (nSPS) is 9.93. The van der Waals surface area contributed by atoms with Crippen molar-refractivity contribution in [1.82, 2.24) is 14.8 Å². The van der Waals surface area contributed by atoms with E-state index < -0.39 is 0 Å². The molecule has 0 spiro atoms. The lowest BCUT2D eigenvalue weighted by Gasteiger charge is -2.00. The van der Waals surface area contributed by atoms with Gasteiger partial charge in [-0.25, -0.2) is 9.89 Å². The van der Waals surface area contributed by atoms with Crippen molar-refractivity contribution in [2.24, 2.45) is 5.11 Å². The van der Waals surface area contributed by atoms with Gasteiger partial charge in [-0.1, -0.05) is 16.9 Å². The third-order valence-electron chi connectivity index (χ3n) is 1.74. The monoisotopic (exact) mass is 228 g/mol. The molecule has 0 bridgehead atoms. The van der Waals surface area contributed by atoms with Crippen LogP contribution in [0.2, 0.25) is 0 Å². The number of thioether (sulfide) groups is 1. The standard InChI is InChI=1S/C7H12N6OS/c1-2-13-6(14)10-11-7(13)15-5-3-4-9-12-8/h2-5H2,1H3,(H,10,14). The van der Waals surface area contributed by atoms with Gasteiger partial charge in [0.1, 0.15) is 0 Å². The molecule has 1 N–H and O–H groups in total. The fourth-order valence-electron chi connectivity index (χ4n) is 1.04. The van der Waals surface area contributed by atoms with E-state index in [0.29, 0.717) is 18.2 Å². The Morgan fingerprint density at radius 2 is 2.53 bits per heavy atom. The van der Waals surface area contributed by atoms with Crippen LogP contribution in [-0.4, -0.2) is 27.1 Å². The van der Waals surface area contributed by atoms with Gasteiger partial charge in [0.2, 0.25) is 0 Å². The first-order valence-electron chi connectivity index (χ1n) is 4.58. The van der Waals surface area contributed by atoms with Crippen molar-refractivity contribution in [3.8, 4) is 0 Å². The van der Waals surface area contributed by atoms with Crippen LogP contribution < -0.4 is 5.69 Å². The quantitative estimate of drug-likeness (QED) is 0.262. The maximum Gasteiger partial charge on any atom is 0.343 e. The predicted molar refractivity (Wildman–Crippen MR) is 57.9 cm³/mol. The molecule has 1 heterocycles. The van der Waals surface area contributed by atoms with E-state index >= 15 is 0 Å². The number of nitrogens with one attached hydrogen (secondary N) is 1. The zero-order valence-electron chi connectivity index (χ0n) is 8.38. The number of H-pyrrole nitrogens is 1. The van der Waals surface area contributed by atoms with E-state index in [-0.39, 0.29) is 5.69 Å². The van der Waals surface area contributed by atoms with E-state index in [1.54, 1.807) is 4.57 Å². The van der Waals surface area contributed by atoms with Crippen molar-refractivity contribution in [3.05, 3.63) is 20.9 Å². The van der Waals surface area contributed by atoms with Crippen LogP contribution in [0.4, 0.5) is 0 Å². The highest BCUT2D eigenvalue weighted by Crippen LogP contribution is 2.13. The number of aromatic nitrogens is 3. The first-order valence-corrected chi connectivity index (χ1v) is 5.57. The van der Waals surface area contributed by atoms with Gasteiger partial charge >= 0.3 is 5.69 Å². The zero-order valence-corrected chi connectivity index (χ0v) is 9.20. The lowest BCUT2D eigenvalue weighted by Crippen LogP contribution is -2.16. The van der Waals surface area contributed by atoms with Crippen LogP contribution in [0.3, 0.4) is 0 Å². The minimum absolute atomic E-state index is 0.185. The molecular weight excluding hydrogens is 216 g/mol. The molecule has 8 heteroatoms. The van der Waals surface area contributed by atoms with Gasteiger partial charge in [0, 0.05) is 23.8 Å². The molecule has 0 unspecified atom stereocenters. The number of hydrogen-bond donors (Lipinski definition) is 1. The van der Waals surface area contributed by atoms with Gasteiger partial charge in [-0.2, -0.15) is 0 Å². The molecule has 0 aliphatic rings. The number of azide groups is 1. The molecule has 0 aliphatic carbocycles. The minimum Gasteiger partial charge on any atom is -0.270 e. The summed E-state index contributed by atoms with van der Waals surface area (Å²) in [6.45, 7) is 2.97. The topological polar surface area (TPSA) is 99.4 Å². The Morgan fingerprint density at radius 3 is 3.20 bits per heavy atom. The number of rotatable bonds is 6. The van der Waals surface area contributed by atoms with E-state index in [0.717, 1.165) is 12.2 Å². The lowest BCUT2D eigenvalue weighted by atomic mass is 10.5. The Bertz CT molecular complexity index is 404. The lowest BCUT2D eigenvalue weighted by molar-refractivity contribution is 0.660. The summed E-state index contributed by atoms with van der Waals surface area (Å²) in [5.74, 6) is 0.781. The SMILES string of the molecule is CCn1c(SCCCN=[N+]=[N-])n[nH]c1=O. The molecule has 0 aromatic carbocycles. The summed E-state index contributed by atoms with van der Waals surface area (Å²) in [6.07, 6.45) is 0.777. The van der Waals surface area contributed by atoms with Crippen LogP contribution in [0.25, 0.3) is 10.4 Å². The van der Waals surface area contributed by atoms with Gasteiger partial charge in [0.05, 0.1) is 0 Å². The molecule has 82 valence electrons. The molecule has 0 amide bonds. The Hall–Kier alpha value is -1.40. The summed E-state index contributed by atoms with van der Waals surface area (Å²) in [5.41, 5.74) is 7.87. The van der Waals surface area contributed by atoms with Crippen molar-refractivity contribution in [1.29, 1.82) is 0 Å². The van der Waals surface area contributed by atoms with E-state index in [1.165, 1.54) is 11.8 Å². The second-order valence-electron chi connectivity index (χ2n) is 2.71. The first-order chi connectivity index (χ1) is 7.29. The third kappa shape index (κ3) is 3.34. The van der Waals surface area contributed by atoms with Crippen LogP contribution >= 0.6 is 11.8 Å². The fraction of sp³-hybridized carbons (Fsp3) is 0.714. The van der Waals surface area contributed by atoms with E-state index in [1.807, 2.05) is 6.92 Å². The fourth-order valence-corrected chi connectivity index (χ4v) is 1.97. The van der Waals surface area contributed by atoms with Crippen LogP contribution in [0.15, 0.2) is 15.1 Å². The average Bonchev–Trinajstić information content (AvgIpc) is 2.59. The highest BCUT2D eigenvalue weighted by atomic mass is 32.2. The summed E-state index contributed by atoms with van der Waals surface area (Å²) >= 11 is 1.48.